The monoisotopic (exact) mass is 310 g/mol. The van der Waals surface area contributed by atoms with Crippen molar-refractivity contribution in [3.63, 3.8) is 0 Å². The summed E-state index contributed by atoms with van der Waals surface area (Å²) in [5.41, 5.74) is 1.54. The molecule has 0 N–H and O–H groups in total. The molecule has 7 nitrogen and oxygen atoms in total. The molecule has 3 aromatic rings. The Morgan fingerprint density at radius 2 is 2.09 bits per heavy atom. The minimum atomic E-state index is 0.0744. The summed E-state index contributed by atoms with van der Waals surface area (Å²) >= 11 is 0. The summed E-state index contributed by atoms with van der Waals surface area (Å²) in [6, 6.07) is 5.76. The number of likely N-dealkylation sites (tertiary alicyclic amines) is 1. The summed E-state index contributed by atoms with van der Waals surface area (Å²) in [6.45, 7) is 2.43. The fourth-order valence-electron chi connectivity index (χ4n) is 3.18. The summed E-state index contributed by atoms with van der Waals surface area (Å²) in [6.07, 6.45) is 9.09. The fourth-order valence-corrected chi connectivity index (χ4v) is 3.18. The van der Waals surface area contributed by atoms with Crippen LogP contribution >= 0.6 is 0 Å². The smallest absolute Gasteiger partial charge is 0.257 e. The number of pyridine rings is 1. The largest absolute Gasteiger partial charge is 0.339 e. The van der Waals surface area contributed by atoms with E-state index in [0.717, 1.165) is 38.0 Å². The molecule has 1 aliphatic rings. The second kappa shape index (κ2) is 5.83. The van der Waals surface area contributed by atoms with Gasteiger partial charge >= 0.3 is 0 Å². The zero-order valence-electron chi connectivity index (χ0n) is 12.7. The number of aromatic nitrogens is 5. The molecule has 118 valence electrons. The predicted molar refractivity (Wildman–Crippen MR) is 83.8 cm³/mol. The Balaban J connectivity index is 1.43. The molecular weight excluding hydrogens is 292 g/mol. The van der Waals surface area contributed by atoms with E-state index in [9.17, 15) is 4.79 Å². The van der Waals surface area contributed by atoms with Crippen molar-refractivity contribution in [1.82, 2.24) is 29.5 Å². The highest BCUT2D eigenvalue weighted by Crippen LogP contribution is 2.21. The molecular formula is C16H18N6O. The lowest BCUT2D eigenvalue weighted by atomic mass is 9.96. The zero-order chi connectivity index (χ0) is 15.6. The zero-order valence-corrected chi connectivity index (χ0v) is 12.7. The molecule has 4 heterocycles. The molecule has 0 spiro atoms. The molecule has 23 heavy (non-hydrogen) atoms. The van der Waals surface area contributed by atoms with Crippen LogP contribution in [0.25, 0.3) is 5.52 Å². The Morgan fingerprint density at radius 1 is 1.22 bits per heavy atom. The molecule has 0 radical (unpaired) electrons. The Labute approximate surface area is 133 Å². The van der Waals surface area contributed by atoms with Crippen molar-refractivity contribution < 1.29 is 4.79 Å². The highest BCUT2D eigenvalue weighted by Gasteiger charge is 2.25. The molecule has 1 amide bonds. The minimum Gasteiger partial charge on any atom is -0.339 e. The van der Waals surface area contributed by atoms with Gasteiger partial charge in [0, 0.05) is 32.0 Å². The molecule has 0 saturated carbocycles. The van der Waals surface area contributed by atoms with Gasteiger partial charge in [0.25, 0.3) is 5.91 Å². The molecule has 1 aliphatic heterocycles. The molecule has 4 rings (SSSR count). The van der Waals surface area contributed by atoms with E-state index in [1.165, 1.54) is 0 Å². The van der Waals surface area contributed by atoms with E-state index in [0.29, 0.717) is 11.5 Å². The summed E-state index contributed by atoms with van der Waals surface area (Å²) in [5.74, 6) is 0.620. The first kappa shape index (κ1) is 13.9. The maximum Gasteiger partial charge on any atom is 0.257 e. The van der Waals surface area contributed by atoms with E-state index in [4.69, 9.17) is 0 Å². The number of hydrogen-bond acceptors (Lipinski definition) is 4. The molecule has 1 fully saturated rings. The Kier molecular flexibility index (Phi) is 3.53. The van der Waals surface area contributed by atoms with Gasteiger partial charge in [-0.15, -0.1) is 5.10 Å². The summed E-state index contributed by atoms with van der Waals surface area (Å²) in [7, 11) is 0. The lowest BCUT2D eigenvalue weighted by Crippen LogP contribution is -2.39. The van der Waals surface area contributed by atoms with Gasteiger partial charge in [0.05, 0.1) is 23.5 Å². The second-order valence-corrected chi connectivity index (χ2v) is 5.95. The van der Waals surface area contributed by atoms with E-state index in [2.05, 4.69) is 15.4 Å². The molecule has 7 heteroatoms. The number of piperidine rings is 1. The van der Waals surface area contributed by atoms with Gasteiger partial charge in [0.1, 0.15) is 0 Å². The number of carbonyl (C=O) groups is 1. The van der Waals surface area contributed by atoms with Crippen LogP contribution in [-0.4, -0.2) is 48.5 Å². The van der Waals surface area contributed by atoms with Gasteiger partial charge in [-0.2, -0.15) is 5.10 Å². The van der Waals surface area contributed by atoms with E-state index >= 15 is 0 Å². The van der Waals surface area contributed by atoms with E-state index in [1.807, 2.05) is 40.2 Å². The lowest BCUT2D eigenvalue weighted by Gasteiger charge is -2.31. The van der Waals surface area contributed by atoms with Gasteiger partial charge in [-0.1, -0.05) is 11.3 Å². The molecule has 0 aromatic carbocycles. The maximum absolute atomic E-state index is 12.7. The maximum atomic E-state index is 12.7. The van der Waals surface area contributed by atoms with Crippen LogP contribution in [-0.2, 0) is 6.54 Å². The number of hydrogen-bond donors (Lipinski definition) is 0. The third-order valence-corrected chi connectivity index (χ3v) is 4.48. The Bertz CT molecular complexity index is 801. The van der Waals surface area contributed by atoms with Crippen molar-refractivity contribution in [1.29, 1.82) is 0 Å². The Hall–Kier alpha value is -2.70. The first-order chi connectivity index (χ1) is 11.3. The average Bonchev–Trinajstić information content (AvgIpc) is 3.24. The summed E-state index contributed by atoms with van der Waals surface area (Å²) < 4.78 is 3.61. The molecule has 0 aliphatic carbocycles. The third-order valence-electron chi connectivity index (χ3n) is 4.48. The van der Waals surface area contributed by atoms with Crippen molar-refractivity contribution in [2.24, 2.45) is 5.92 Å². The van der Waals surface area contributed by atoms with E-state index < -0.39 is 0 Å². The molecule has 0 unspecified atom stereocenters. The molecule has 1 saturated heterocycles. The minimum absolute atomic E-state index is 0.0744. The van der Waals surface area contributed by atoms with E-state index in [-0.39, 0.29) is 5.91 Å². The van der Waals surface area contributed by atoms with Crippen LogP contribution in [0.2, 0.25) is 0 Å². The van der Waals surface area contributed by atoms with Gasteiger partial charge in [-0.25, -0.2) is 4.52 Å². The van der Waals surface area contributed by atoms with E-state index in [1.54, 1.807) is 16.9 Å². The van der Waals surface area contributed by atoms with Crippen molar-refractivity contribution >= 4 is 11.4 Å². The van der Waals surface area contributed by atoms with Crippen molar-refractivity contribution in [3.8, 4) is 0 Å². The van der Waals surface area contributed by atoms with Gasteiger partial charge in [0.2, 0.25) is 0 Å². The van der Waals surface area contributed by atoms with Gasteiger partial charge < -0.3 is 4.90 Å². The summed E-state index contributed by atoms with van der Waals surface area (Å²) in [4.78, 5) is 14.7. The van der Waals surface area contributed by atoms with Gasteiger partial charge in [0.15, 0.2) is 0 Å². The second-order valence-electron chi connectivity index (χ2n) is 5.95. The molecule has 0 bridgehead atoms. The third kappa shape index (κ3) is 2.69. The number of fused-ring (bicyclic) bond motifs is 1. The van der Waals surface area contributed by atoms with Crippen LogP contribution in [0, 0.1) is 5.92 Å². The van der Waals surface area contributed by atoms with Gasteiger partial charge in [-0.3, -0.25) is 9.48 Å². The molecule has 3 aromatic heterocycles. The lowest BCUT2D eigenvalue weighted by molar-refractivity contribution is 0.0683. The van der Waals surface area contributed by atoms with Crippen LogP contribution in [0.3, 0.4) is 0 Å². The van der Waals surface area contributed by atoms with Crippen LogP contribution in [0.15, 0.2) is 43.0 Å². The topological polar surface area (TPSA) is 68.3 Å². The number of amides is 1. The number of rotatable bonds is 3. The van der Waals surface area contributed by atoms with Crippen LogP contribution < -0.4 is 0 Å². The van der Waals surface area contributed by atoms with Crippen LogP contribution in [0.5, 0.6) is 0 Å². The number of nitrogens with zero attached hydrogens (tertiary/aromatic N) is 6. The standard InChI is InChI=1S/C16H18N6O/c23-16(14-11-18-22-7-2-1-3-15(14)22)20-8-4-13(5-9-20)12-21-10-6-17-19-21/h1-3,6-7,10-11,13H,4-5,8-9,12H2. The highest BCUT2D eigenvalue weighted by molar-refractivity contribution is 6.00. The Morgan fingerprint density at radius 3 is 2.87 bits per heavy atom. The molecule has 0 atom stereocenters. The van der Waals surface area contributed by atoms with Crippen LogP contribution in [0.1, 0.15) is 23.2 Å². The van der Waals surface area contributed by atoms with Crippen molar-refractivity contribution in [2.45, 2.75) is 19.4 Å². The van der Waals surface area contributed by atoms with Gasteiger partial charge in [-0.05, 0) is 30.9 Å². The highest BCUT2D eigenvalue weighted by atomic mass is 16.2. The number of carbonyl (C=O) groups excluding carboxylic acids is 1. The van der Waals surface area contributed by atoms with Crippen molar-refractivity contribution in [2.75, 3.05) is 13.1 Å². The van der Waals surface area contributed by atoms with Crippen molar-refractivity contribution in [3.05, 3.63) is 48.5 Å². The normalized spacial score (nSPS) is 16.1. The van der Waals surface area contributed by atoms with Crippen LogP contribution in [0.4, 0.5) is 0 Å². The predicted octanol–water partition coefficient (Wildman–Crippen LogP) is 1.48. The fraction of sp³-hybridized carbons (Fsp3) is 0.375. The first-order valence-corrected chi connectivity index (χ1v) is 7.87. The quantitative estimate of drug-likeness (QED) is 0.735. The first-order valence-electron chi connectivity index (χ1n) is 7.87. The summed E-state index contributed by atoms with van der Waals surface area (Å²) in [5, 5.41) is 12.1. The SMILES string of the molecule is O=C(c1cnn2ccccc12)N1CCC(Cn2ccnn2)CC1. The average molecular weight is 310 g/mol.